The van der Waals surface area contributed by atoms with Gasteiger partial charge >= 0.3 is 5.97 Å². The Hall–Kier alpha value is -1.71. The average molecular weight is 236 g/mol. The molecule has 0 saturated heterocycles. The number of carbonyl (C=O) groups is 1. The summed E-state index contributed by atoms with van der Waals surface area (Å²) in [7, 11) is 1.93. The molecule has 0 aromatic heterocycles. The third-order valence-electron chi connectivity index (χ3n) is 3.01. The Bertz CT molecular complexity index is 404. The Morgan fingerprint density at radius 1 is 1.53 bits per heavy atom. The number of carboxylic acids is 1. The lowest BCUT2D eigenvalue weighted by atomic mass is 10.1. The SMILES string of the molecule is CCC(C)CN(C)c1cccc(C(=O)O)c1N. The third kappa shape index (κ3) is 3.12. The van der Waals surface area contributed by atoms with Gasteiger partial charge in [-0.25, -0.2) is 4.79 Å². The monoisotopic (exact) mass is 236 g/mol. The van der Waals surface area contributed by atoms with Crippen molar-refractivity contribution in [3.05, 3.63) is 23.8 Å². The number of nitrogens with zero attached hydrogens (tertiary/aromatic N) is 1. The first-order valence-corrected chi connectivity index (χ1v) is 5.80. The minimum atomic E-state index is -0.985. The molecule has 1 aromatic carbocycles. The second-order valence-electron chi connectivity index (χ2n) is 4.44. The van der Waals surface area contributed by atoms with Crippen LogP contribution in [0.2, 0.25) is 0 Å². The van der Waals surface area contributed by atoms with Crippen LogP contribution in [-0.2, 0) is 0 Å². The summed E-state index contributed by atoms with van der Waals surface area (Å²) in [5, 5.41) is 9.00. The van der Waals surface area contributed by atoms with Crippen LogP contribution in [0.4, 0.5) is 11.4 Å². The van der Waals surface area contributed by atoms with Gasteiger partial charge in [-0.2, -0.15) is 0 Å². The molecule has 1 aromatic rings. The van der Waals surface area contributed by atoms with Crippen LogP contribution in [0.1, 0.15) is 30.6 Å². The Morgan fingerprint density at radius 3 is 2.71 bits per heavy atom. The van der Waals surface area contributed by atoms with E-state index in [9.17, 15) is 4.79 Å². The van der Waals surface area contributed by atoms with Gasteiger partial charge in [0.1, 0.15) is 0 Å². The van der Waals surface area contributed by atoms with Crippen molar-refractivity contribution in [2.45, 2.75) is 20.3 Å². The molecule has 0 fully saturated rings. The molecule has 0 aliphatic rings. The van der Waals surface area contributed by atoms with E-state index in [2.05, 4.69) is 13.8 Å². The summed E-state index contributed by atoms with van der Waals surface area (Å²) in [6.45, 7) is 5.16. The van der Waals surface area contributed by atoms with Crippen LogP contribution in [-0.4, -0.2) is 24.7 Å². The molecule has 4 nitrogen and oxygen atoms in total. The number of anilines is 2. The van der Waals surface area contributed by atoms with Crippen molar-refractivity contribution in [3.63, 3.8) is 0 Å². The highest BCUT2D eigenvalue weighted by Crippen LogP contribution is 2.26. The van der Waals surface area contributed by atoms with Gasteiger partial charge in [-0.05, 0) is 18.1 Å². The van der Waals surface area contributed by atoms with E-state index in [1.54, 1.807) is 6.07 Å². The lowest BCUT2D eigenvalue weighted by molar-refractivity contribution is 0.0698. The first-order valence-electron chi connectivity index (χ1n) is 5.80. The topological polar surface area (TPSA) is 66.6 Å². The standard InChI is InChI=1S/C13H20N2O2/c1-4-9(2)8-15(3)11-7-5-6-10(12(11)14)13(16)17/h5-7,9H,4,8,14H2,1-3H3,(H,16,17). The number of nitrogens with two attached hydrogens (primary N) is 1. The molecule has 0 amide bonds. The highest BCUT2D eigenvalue weighted by Gasteiger charge is 2.14. The molecule has 0 saturated carbocycles. The Balaban J connectivity index is 2.98. The van der Waals surface area contributed by atoms with E-state index in [4.69, 9.17) is 10.8 Å². The molecule has 94 valence electrons. The van der Waals surface area contributed by atoms with Crippen molar-refractivity contribution >= 4 is 17.3 Å². The van der Waals surface area contributed by atoms with Gasteiger partial charge in [-0.15, -0.1) is 0 Å². The number of hydrogen-bond donors (Lipinski definition) is 2. The fraction of sp³-hybridized carbons (Fsp3) is 0.462. The number of hydrogen-bond acceptors (Lipinski definition) is 3. The minimum Gasteiger partial charge on any atom is -0.478 e. The molecular formula is C13H20N2O2. The lowest BCUT2D eigenvalue weighted by Gasteiger charge is -2.24. The van der Waals surface area contributed by atoms with Crippen molar-refractivity contribution in [3.8, 4) is 0 Å². The molecule has 0 spiro atoms. The number of aromatic carboxylic acids is 1. The highest BCUT2D eigenvalue weighted by molar-refractivity contribution is 5.97. The summed E-state index contributed by atoms with van der Waals surface area (Å²) in [6.07, 6.45) is 1.09. The van der Waals surface area contributed by atoms with Crippen LogP contribution in [0.15, 0.2) is 18.2 Å². The van der Waals surface area contributed by atoms with Gasteiger partial charge in [0.15, 0.2) is 0 Å². The van der Waals surface area contributed by atoms with Crippen molar-refractivity contribution < 1.29 is 9.90 Å². The summed E-state index contributed by atoms with van der Waals surface area (Å²) < 4.78 is 0. The number of rotatable bonds is 5. The number of nitrogen functional groups attached to an aromatic ring is 1. The van der Waals surface area contributed by atoms with Gasteiger partial charge in [0, 0.05) is 13.6 Å². The van der Waals surface area contributed by atoms with E-state index in [0.29, 0.717) is 11.6 Å². The fourth-order valence-corrected chi connectivity index (χ4v) is 1.77. The maximum atomic E-state index is 11.0. The molecule has 1 rings (SSSR count). The third-order valence-corrected chi connectivity index (χ3v) is 3.01. The van der Waals surface area contributed by atoms with E-state index >= 15 is 0 Å². The second-order valence-corrected chi connectivity index (χ2v) is 4.44. The first-order chi connectivity index (χ1) is 7.97. The van der Waals surface area contributed by atoms with Gasteiger partial charge in [0.25, 0.3) is 0 Å². The van der Waals surface area contributed by atoms with E-state index in [0.717, 1.165) is 18.7 Å². The van der Waals surface area contributed by atoms with Crippen LogP contribution in [0, 0.1) is 5.92 Å². The van der Waals surface area contributed by atoms with Crippen LogP contribution in [0.5, 0.6) is 0 Å². The molecule has 3 N–H and O–H groups in total. The average Bonchev–Trinajstić information content (AvgIpc) is 2.28. The zero-order valence-corrected chi connectivity index (χ0v) is 10.6. The predicted molar refractivity (Wildman–Crippen MR) is 70.5 cm³/mol. The normalized spacial score (nSPS) is 12.2. The summed E-state index contributed by atoms with van der Waals surface area (Å²) >= 11 is 0. The minimum absolute atomic E-state index is 0.165. The Morgan fingerprint density at radius 2 is 2.18 bits per heavy atom. The zero-order valence-electron chi connectivity index (χ0n) is 10.6. The molecule has 0 radical (unpaired) electrons. The summed E-state index contributed by atoms with van der Waals surface area (Å²) in [5.74, 6) is -0.436. The zero-order chi connectivity index (χ0) is 13.0. The van der Waals surface area contributed by atoms with Crippen molar-refractivity contribution in [2.24, 2.45) is 5.92 Å². The molecular weight excluding hydrogens is 216 g/mol. The maximum absolute atomic E-state index is 11.0. The second kappa shape index (κ2) is 5.57. The van der Waals surface area contributed by atoms with Crippen molar-refractivity contribution in [1.29, 1.82) is 0 Å². The maximum Gasteiger partial charge on any atom is 0.337 e. The molecule has 0 heterocycles. The van der Waals surface area contributed by atoms with Crippen LogP contribution < -0.4 is 10.6 Å². The quantitative estimate of drug-likeness (QED) is 0.771. The predicted octanol–water partition coefficient (Wildman–Crippen LogP) is 2.45. The largest absolute Gasteiger partial charge is 0.478 e. The molecule has 0 aliphatic heterocycles. The summed E-state index contributed by atoms with van der Waals surface area (Å²) in [6, 6.07) is 5.10. The number of carboxylic acid groups (broad SMARTS) is 1. The summed E-state index contributed by atoms with van der Waals surface area (Å²) in [5.41, 5.74) is 7.17. The molecule has 17 heavy (non-hydrogen) atoms. The molecule has 1 unspecified atom stereocenters. The van der Waals surface area contributed by atoms with Crippen LogP contribution in [0.3, 0.4) is 0 Å². The molecule has 0 aliphatic carbocycles. The smallest absolute Gasteiger partial charge is 0.337 e. The Labute approximate surface area is 102 Å². The first kappa shape index (κ1) is 13.4. The Kier molecular flexibility index (Phi) is 4.37. The van der Waals surface area contributed by atoms with Crippen LogP contribution in [0.25, 0.3) is 0 Å². The molecule has 1 atom stereocenters. The summed E-state index contributed by atoms with van der Waals surface area (Å²) in [4.78, 5) is 13.0. The van der Waals surface area contributed by atoms with Gasteiger partial charge < -0.3 is 15.7 Å². The highest BCUT2D eigenvalue weighted by atomic mass is 16.4. The van der Waals surface area contributed by atoms with E-state index < -0.39 is 5.97 Å². The number of para-hydroxylation sites is 1. The van der Waals surface area contributed by atoms with E-state index in [1.165, 1.54) is 6.07 Å². The van der Waals surface area contributed by atoms with E-state index in [1.807, 2.05) is 18.0 Å². The van der Waals surface area contributed by atoms with Gasteiger partial charge in [-0.3, -0.25) is 0 Å². The van der Waals surface area contributed by atoms with Crippen molar-refractivity contribution in [2.75, 3.05) is 24.2 Å². The van der Waals surface area contributed by atoms with E-state index in [-0.39, 0.29) is 5.56 Å². The number of benzene rings is 1. The van der Waals surface area contributed by atoms with Gasteiger partial charge in [0.2, 0.25) is 0 Å². The van der Waals surface area contributed by atoms with Gasteiger partial charge in [-0.1, -0.05) is 26.3 Å². The van der Waals surface area contributed by atoms with Crippen molar-refractivity contribution in [1.82, 2.24) is 0 Å². The fourth-order valence-electron chi connectivity index (χ4n) is 1.77. The molecule has 0 bridgehead atoms. The molecule has 4 heteroatoms. The van der Waals surface area contributed by atoms with Crippen LogP contribution >= 0.6 is 0 Å². The van der Waals surface area contributed by atoms with Gasteiger partial charge in [0.05, 0.1) is 16.9 Å². The lowest BCUT2D eigenvalue weighted by Crippen LogP contribution is -2.25.